The third-order valence-electron chi connectivity index (χ3n) is 4.42. The van der Waals surface area contributed by atoms with Crippen LogP contribution in [0, 0.1) is 6.92 Å². The number of unbranched alkanes of at least 4 members (excludes halogenated alkanes) is 1. The first-order valence-corrected chi connectivity index (χ1v) is 8.68. The molecule has 24 heavy (non-hydrogen) atoms. The predicted octanol–water partition coefficient (Wildman–Crippen LogP) is 1.88. The van der Waals surface area contributed by atoms with Gasteiger partial charge in [-0.25, -0.2) is 4.99 Å². The minimum Gasteiger partial charge on any atom is -0.393 e. The third kappa shape index (κ3) is 6.54. The van der Waals surface area contributed by atoms with Crippen molar-refractivity contribution in [3.8, 4) is 0 Å². The van der Waals surface area contributed by atoms with Crippen LogP contribution in [0.1, 0.15) is 57.1 Å². The van der Waals surface area contributed by atoms with Crippen LogP contribution < -0.4 is 10.6 Å². The Kier molecular flexibility index (Phi) is 9.57. The van der Waals surface area contributed by atoms with Gasteiger partial charge in [0.25, 0.3) is 0 Å². The molecule has 3 N–H and O–H groups in total. The summed E-state index contributed by atoms with van der Waals surface area (Å²) in [4.78, 5) is 4.66. The Morgan fingerprint density at radius 1 is 1.29 bits per heavy atom. The zero-order valence-electron chi connectivity index (χ0n) is 15.0. The van der Waals surface area contributed by atoms with E-state index in [4.69, 9.17) is 0 Å². The molecule has 1 fully saturated rings. The van der Waals surface area contributed by atoms with Gasteiger partial charge in [0.15, 0.2) is 11.8 Å². The lowest BCUT2D eigenvalue weighted by molar-refractivity contribution is 0.120. The number of aliphatic hydroxyl groups excluding tert-OH is 1. The van der Waals surface area contributed by atoms with Gasteiger partial charge in [0.05, 0.1) is 6.10 Å². The molecule has 0 saturated heterocycles. The van der Waals surface area contributed by atoms with Gasteiger partial charge in [-0.05, 0) is 39.0 Å². The second kappa shape index (κ2) is 10.9. The predicted molar refractivity (Wildman–Crippen MR) is 107 cm³/mol. The van der Waals surface area contributed by atoms with Gasteiger partial charge in [-0.2, -0.15) is 0 Å². The van der Waals surface area contributed by atoms with Crippen molar-refractivity contribution in [3.63, 3.8) is 0 Å². The normalized spacial score (nSPS) is 21.2. The molecular formula is C16H31IN6O. The molecule has 0 atom stereocenters. The van der Waals surface area contributed by atoms with E-state index in [1.165, 1.54) is 0 Å². The molecule has 0 bridgehead atoms. The van der Waals surface area contributed by atoms with E-state index in [9.17, 15) is 5.11 Å². The van der Waals surface area contributed by atoms with Crippen LogP contribution in [0.2, 0.25) is 0 Å². The highest BCUT2D eigenvalue weighted by molar-refractivity contribution is 14.0. The van der Waals surface area contributed by atoms with Crippen molar-refractivity contribution in [3.05, 3.63) is 11.6 Å². The van der Waals surface area contributed by atoms with Crippen LogP contribution in [0.4, 0.5) is 0 Å². The zero-order chi connectivity index (χ0) is 16.7. The molecule has 1 aliphatic rings. The van der Waals surface area contributed by atoms with Crippen LogP contribution >= 0.6 is 24.0 Å². The Bertz CT molecular complexity index is 511. The highest BCUT2D eigenvalue weighted by atomic mass is 127. The van der Waals surface area contributed by atoms with Gasteiger partial charge in [-0.1, -0.05) is 13.3 Å². The third-order valence-corrected chi connectivity index (χ3v) is 4.42. The van der Waals surface area contributed by atoms with Gasteiger partial charge in [-0.3, -0.25) is 0 Å². The summed E-state index contributed by atoms with van der Waals surface area (Å²) in [6, 6.07) is 0.382. The quantitative estimate of drug-likeness (QED) is 0.267. The van der Waals surface area contributed by atoms with Crippen LogP contribution in [0.3, 0.4) is 0 Å². The number of halogens is 1. The van der Waals surface area contributed by atoms with E-state index in [0.717, 1.165) is 62.7 Å². The van der Waals surface area contributed by atoms with Crippen molar-refractivity contribution in [1.82, 2.24) is 25.4 Å². The number of hydrogen-bond acceptors (Lipinski definition) is 4. The lowest BCUT2D eigenvalue weighted by atomic mass is 9.93. The molecule has 0 aromatic carbocycles. The molecule has 7 nitrogen and oxygen atoms in total. The van der Waals surface area contributed by atoms with E-state index in [0.29, 0.717) is 12.6 Å². The Morgan fingerprint density at radius 2 is 2.00 bits per heavy atom. The lowest BCUT2D eigenvalue weighted by Gasteiger charge is -2.27. The monoisotopic (exact) mass is 450 g/mol. The molecule has 0 amide bonds. The molecule has 0 spiro atoms. The summed E-state index contributed by atoms with van der Waals surface area (Å²) in [6.07, 6.45) is 5.83. The first-order chi connectivity index (χ1) is 11.1. The lowest BCUT2D eigenvalue weighted by Crippen LogP contribution is -2.45. The van der Waals surface area contributed by atoms with Gasteiger partial charge in [0.1, 0.15) is 12.4 Å². The number of aromatic nitrogens is 3. The van der Waals surface area contributed by atoms with Crippen molar-refractivity contribution < 1.29 is 5.11 Å². The summed E-state index contributed by atoms with van der Waals surface area (Å²) in [6.45, 7) is 5.53. The SMILES string of the molecule is CCCCNC(=NCc1nnc(C)n1C)NC1CCC(O)CC1.I. The second-order valence-electron chi connectivity index (χ2n) is 6.32. The standard InChI is InChI=1S/C16H30N6O.HI/c1-4-5-10-17-16(19-13-6-8-14(23)9-7-13)18-11-15-21-20-12(2)22(15)3;/h13-14,23H,4-11H2,1-3H3,(H2,17,18,19);1H. The maximum absolute atomic E-state index is 9.63. The van der Waals surface area contributed by atoms with Crippen molar-refractivity contribution in [2.24, 2.45) is 12.0 Å². The Morgan fingerprint density at radius 3 is 2.58 bits per heavy atom. The van der Waals surface area contributed by atoms with Crippen molar-refractivity contribution in [2.75, 3.05) is 6.54 Å². The molecule has 8 heteroatoms. The Labute approximate surface area is 161 Å². The van der Waals surface area contributed by atoms with E-state index in [1.807, 2.05) is 18.5 Å². The average molecular weight is 450 g/mol. The minimum absolute atomic E-state index is 0. The molecule has 2 rings (SSSR count). The van der Waals surface area contributed by atoms with Gasteiger partial charge >= 0.3 is 0 Å². The smallest absolute Gasteiger partial charge is 0.191 e. The summed E-state index contributed by atoms with van der Waals surface area (Å²) in [7, 11) is 1.96. The summed E-state index contributed by atoms with van der Waals surface area (Å²) >= 11 is 0. The van der Waals surface area contributed by atoms with E-state index >= 15 is 0 Å². The average Bonchev–Trinajstić information content (AvgIpc) is 2.86. The van der Waals surface area contributed by atoms with Crippen LogP contribution in [0.25, 0.3) is 0 Å². The number of nitrogens with zero attached hydrogens (tertiary/aromatic N) is 4. The van der Waals surface area contributed by atoms with Crippen LogP contribution in [-0.2, 0) is 13.6 Å². The summed E-state index contributed by atoms with van der Waals surface area (Å²) in [5, 5.41) is 24.8. The number of hydrogen-bond donors (Lipinski definition) is 3. The van der Waals surface area contributed by atoms with Crippen LogP contribution in [0.15, 0.2) is 4.99 Å². The fourth-order valence-electron chi connectivity index (χ4n) is 2.69. The molecule has 0 radical (unpaired) electrons. The first-order valence-electron chi connectivity index (χ1n) is 8.68. The Hall–Kier alpha value is -0.900. The first kappa shape index (κ1) is 21.1. The largest absolute Gasteiger partial charge is 0.393 e. The number of aliphatic hydroxyl groups is 1. The molecule has 138 valence electrons. The molecule has 1 aromatic heterocycles. The maximum Gasteiger partial charge on any atom is 0.191 e. The van der Waals surface area contributed by atoms with Gasteiger partial charge in [0, 0.05) is 19.6 Å². The van der Waals surface area contributed by atoms with Crippen molar-refractivity contribution >= 4 is 29.9 Å². The minimum atomic E-state index is -0.136. The topological polar surface area (TPSA) is 87.4 Å². The molecule has 1 aromatic rings. The molecule has 0 aliphatic heterocycles. The van der Waals surface area contributed by atoms with E-state index in [1.54, 1.807) is 0 Å². The summed E-state index contributed by atoms with van der Waals surface area (Å²) in [5.74, 6) is 2.59. The molecule has 1 saturated carbocycles. The van der Waals surface area contributed by atoms with E-state index < -0.39 is 0 Å². The highest BCUT2D eigenvalue weighted by Gasteiger charge is 2.20. The van der Waals surface area contributed by atoms with Crippen LogP contribution in [-0.4, -0.2) is 44.5 Å². The number of aryl methyl sites for hydroxylation is 1. The van der Waals surface area contributed by atoms with E-state index in [-0.39, 0.29) is 30.1 Å². The number of rotatable bonds is 6. The highest BCUT2D eigenvalue weighted by Crippen LogP contribution is 2.18. The number of guanidine groups is 1. The van der Waals surface area contributed by atoms with Crippen molar-refractivity contribution in [1.29, 1.82) is 0 Å². The second-order valence-corrected chi connectivity index (χ2v) is 6.32. The molecule has 0 unspecified atom stereocenters. The fourth-order valence-corrected chi connectivity index (χ4v) is 2.69. The number of nitrogens with one attached hydrogen (secondary N) is 2. The van der Waals surface area contributed by atoms with Gasteiger partial charge in [0.2, 0.25) is 0 Å². The van der Waals surface area contributed by atoms with Crippen LogP contribution in [0.5, 0.6) is 0 Å². The Balaban J connectivity index is 0.00000288. The molecule has 1 heterocycles. The summed E-state index contributed by atoms with van der Waals surface area (Å²) in [5.41, 5.74) is 0. The van der Waals surface area contributed by atoms with Gasteiger partial charge in [-0.15, -0.1) is 34.2 Å². The molecular weight excluding hydrogens is 419 g/mol. The summed E-state index contributed by atoms with van der Waals surface area (Å²) < 4.78 is 1.96. The van der Waals surface area contributed by atoms with E-state index in [2.05, 4.69) is 32.7 Å². The zero-order valence-corrected chi connectivity index (χ0v) is 17.3. The maximum atomic E-state index is 9.63. The fraction of sp³-hybridized carbons (Fsp3) is 0.812. The number of aliphatic imine (C=N–C) groups is 1. The van der Waals surface area contributed by atoms with Crippen molar-refractivity contribution in [2.45, 2.75) is 71.1 Å². The van der Waals surface area contributed by atoms with Gasteiger partial charge < -0.3 is 20.3 Å². The molecule has 1 aliphatic carbocycles.